The maximum Gasteiger partial charge on any atom is 0.332 e. The van der Waals surface area contributed by atoms with Gasteiger partial charge in [0, 0.05) is 18.0 Å². The average molecular weight is 344 g/mol. The Morgan fingerprint density at radius 3 is 2.58 bits per heavy atom. The molecule has 0 aliphatic rings. The number of thiophene rings is 1. The zero-order valence-electron chi connectivity index (χ0n) is 13.8. The summed E-state index contributed by atoms with van der Waals surface area (Å²) in [6, 6.07) is 3.98. The van der Waals surface area contributed by atoms with E-state index in [0.717, 1.165) is 17.7 Å². The van der Waals surface area contributed by atoms with Crippen molar-refractivity contribution in [1.82, 2.24) is 19.1 Å². The van der Waals surface area contributed by atoms with Gasteiger partial charge in [-0.1, -0.05) is 19.9 Å². The third-order valence-electron chi connectivity index (χ3n) is 3.72. The fourth-order valence-electron chi connectivity index (χ4n) is 2.66. The Morgan fingerprint density at radius 1 is 1.17 bits per heavy atom. The van der Waals surface area contributed by atoms with Crippen LogP contribution in [-0.4, -0.2) is 19.1 Å². The molecule has 3 rings (SSSR count). The van der Waals surface area contributed by atoms with Crippen LogP contribution < -0.4 is 11.2 Å². The Bertz CT molecular complexity index is 977. The molecule has 126 valence electrons. The van der Waals surface area contributed by atoms with Gasteiger partial charge >= 0.3 is 5.69 Å². The molecule has 24 heavy (non-hydrogen) atoms. The average Bonchev–Trinajstić information content (AvgIpc) is 3.23. The molecule has 0 aliphatic heterocycles. The van der Waals surface area contributed by atoms with Crippen LogP contribution in [0.1, 0.15) is 37.4 Å². The summed E-state index contributed by atoms with van der Waals surface area (Å²) in [5, 5.41) is 2.00. The first-order valence-electron chi connectivity index (χ1n) is 8.10. The molecule has 7 heteroatoms. The Hall–Kier alpha value is -2.41. The first-order chi connectivity index (χ1) is 11.7. The van der Waals surface area contributed by atoms with Crippen LogP contribution in [0.15, 0.2) is 27.1 Å². The van der Waals surface area contributed by atoms with Crippen LogP contribution in [0.5, 0.6) is 0 Å². The zero-order chi connectivity index (χ0) is 17.1. The van der Waals surface area contributed by atoms with Crippen LogP contribution in [-0.2, 0) is 13.1 Å². The predicted octanol–water partition coefficient (Wildman–Crippen LogP) is 2.94. The van der Waals surface area contributed by atoms with Crippen molar-refractivity contribution in [3.05, 3.63) is 49.1 Å². The molecule has 0 amide bonds. The Morgan fingerprint density at radius 2 is 1.92 bits per heavy atom. The molecular weight excluding hydrogens is 324 g/mol. The van der Waals surface area contributed by atoms with Gasteiger partial charge in [-0.3, -0.25) is 13.9 Å². The first-order valence-corrected chi connectivity index (χ1v) is 8.98. The van der Waals surface area contributed by atoms with E-state index in [9.17, 15) is 9.59 Å². The molecule has 0 saturated carbocycles. The maximum atomic E-state index is 12.6. The van der Waals surface area contributed by atoms with E-state index in [2.05, 4.69) is 9.97 Å². The van der Waals surface area contributed by atoms with E-state index >= 15 is 0 Å². The van der Waals surface area contributed by atoms with Crippen molar-refractivity contribution in [1.29, 1.82) is 0 Å². The maximum absolute atomic E-state index is 12.6. The van der Waals surface area contributed by atoms with Gasteiger partial charge < -0.3 is 4.98 Å². The van der Waals surface area contributed by atoms with Gasteiger partial charge in [-0.05, 0) is 36.4 Å². The van der Waals surface area contributed by atoms with Gasteiger partial charge in [0.15, 0.2) is 5.65 Å². The van der Waals surface area contributed by atoms with Gasteiger partial charge in [-0.2, -0.15) is 0 Å². The minimum Gasteiger partial charge on any atom is -0.333 e. The SMILES string of the molecule is CCCn1c(=O)c2[nH]c(C=Cc3cccs3)nc2n(CCC)c1=O. The Labute approximate surface area is 143 Å². The highest BCUT2D eigenvalue weighted by Crippen LogP contribution is 2.13. The number of hydrogen-bond acceptors (Lipinski definition) is 4. The largest absolute Gasteiger partial charge is 0.333 e. The first kappa shape index (κ1) is 16.4. The lowest BCUT2D eigenvalue weighted by Gasteiger charge is -2.09. The van der Waals surface area contributed by atoms with Gasteiger partial charge in [0.1, 0.15) is 11.3 Å². The molecule has 1 N–H and O–H groups in total. The third-order valence-corrected chi connectivity index (χ3v) is 4.56. The van der Waals surface area contributed by atoms with Crippen molar-refractivity contribution in [3.63, 3.8) is 0 Å². The number of H-pyrrole nitrogens is 1. The predicted molar refractivity (Wildman–Crippen MR) is 98.4 cm³/mol. The summed E-state index contributed by atoms with van der Waals surface area (Å²) in [6.07, 6.45) is 5.30. The molecule has 0 bridgehead atoms. The van der Waals surface area contributed by atoms with Crippen molar-refractivity contribution < 1.29 is 0 Å². The molecule has 3 aromatic heterocycles. The lowest BCUT2D eigenvalue weighted by Crippen LogP contribution is -2.40. The van der Waals surface area contributed by atoms with E-state index in [4.69, 9.17) is 0 Å². The van der Waals surface area contributed by atoms with Crippen LogP contribution in [0.25, 0.3) is 23.3 Å². The van der Waals surface area contributed by atoms with Gasteiger partial charge in [-0.25, -0.2) is 9.78 Å². The molecular formula is C17H20N4O2S. The van der Waals surface area contributed by atoms with Crippen LogP contribution in [0, 0.1) is 0 Å². The quantitative estimate of drug-likeness (QED) is 0.747. The lowest BCUT2D eigenvalue weighted by molar-refractivity contribution is 0.555. The van der Waals surface area contributed by atoms with Gasteiger partial charge in [0.05, 0.1) is 0 Å². The van der Waals surface area contributed by atoms with E-state index in [1.807, 2.05) is 43.5 Å². The fraction of sp³-hybridized carbons (Fsp3) is 0.353. The normalized spacial score (nSPS) is 11.8. The van der Waals surface area contributed by atoms with Crippen molar-refractivity contribution in [3.8, 4) is 0 Å². The van der Waals surface area contributed by atoms with Crippen molar-refractivity contribution in [2.75, 3.05) is 0 Å². The number of hydrogen-bond donors (Lipinski definition) is 1. The van der Waals surface area contributed by atoms with Crippen LogP contribution in [0.4, 0.5) is 0 Å². The topological polar surface area (TPSA) is 72.7 Å². The minimum atomic E-state index is -0.299. The van der Waals surface area contributed by atoms with Crippen LogP contribution in [0.3, 0.4) is 0 Å². The summed E-state index contributed by atoms with van der Waals surface area (Å²) in [7, 11) is 0. The number of nitrogens with zero attached hydrogens (tertiary/aromatic N) is 3. The van der Waals surface area contributed by atoms with E-state index in [1.165, 1.54) is 4.57 Å². The number of imidazole rings is 1. The Kier molecular flexibility index (Phi) is 4.80. The van der Waals surface area contributed by atoms with Gasteiger partial charge in [0.25, 0.3) is 5.56 Å². The summed E-state index contributed by atoms with van der Waals surface area (Å²) >= 11 is 1.63. The van der Waals surface area contributed by atoms with Crippen molar-refractivity contribution >= 4 is 34.7 Å². The number of aryl methyl sites for hydroxylation is 1. The molecule has 0 radical (unpaired) electrons. The molecule has 0 atom stereocenters. The van der Waals surface area contributed by atoms with Crippen molar-refractivity contribution in [2.24, 2.45) is 0 Å². The highest BCUT2D eigenvalue weighted by Gasteiger charge is 2.15. The molecule has 3 heterocycles. The Balaban J connectivity index is 2.16. The van der Waals surface area contributed by atoms with E-state index in [-0.39, 0.29) is 11.2 Å². The highest BCUT2D eigenvalue weighted by atomic mass is 32.1. The lowest BCUT2D eigenvalue weighted by atomic mass is 10.4. The van der Waals surface area contributed by atoms with Crippen LogP contribution in [0.2, 0.25) is 0 Å². The second kappa shape index (κ2) is 7.00. The van der Waals surface area contributed by atoms with Gasteiger partial charge in [-0.15, -0.1) is 11.3 Å². The number of aromatic nitrogens is 4. The number of fused-ring (bicyclic) bond motifs is 1. The second-order valence-corrected chi connectivity index (χ2v) is 6.54. The number of nitrogens with one attached hydrogen (secondary N) is 1. The molecule has 3 aromatic rings. The van der Waals surface area contributed by atoms with Crippen LogP contribution >= 0.6 is 11.3 Å². The summed E-state index contributed by atoms with van der Waals surface area (Å²) < 4.78 is 2.88. The summed E-state index contributed by atoms with van der Waals surface area (Å²) in [5.74, 6) is 0.578. The highest BCUT2D eigenvalue weighted by molar-refractivity contribution is 7.10. The standard InChI is InChI=1S/C17H20N4O2S/c1-3-9-20-15-14(16(22)21(10-4-2)17(20)23)18-13(19-15)8-7-12-6-5-11-24-12/h5-8,11H,3-4,9-10H2,1-2H3,(H,18,19). The second-order valence-electron chi connectivity index (χ2n) is 5.56. The molecule has 6 nitrogen and oxygen atoms in total. The van der Waals surface area contributed by atoms with E-state index in [0.29, 0.717) is 30.1 Å². The minimum absolute atomic E-state index is 0.281. The summed E-state index contributed by atoms with van der Waals surface area (Å²) in [4.78, 5) is 33.8. The number of aromatic amines is 1. The zero-order valence-corrected chi connectivity index (χ0v) is 14.6. The van der Waals surface area contributed by atoms with Gasteiger partial charge in [0.2, 0.25) is 0 Å². The molecule has 0 fully saturated rings. The molecule has 0 aliphatic carbocycles. The molecule has 0 unspecified atom stereocenters. The van der Waals surface area contributed by atoms with Crippen molar-refractivity contribution in [2.45, 2.75) is 39.8 Å². The monoisotopic (exact) mass is 344 g/mol. The summed E-state index contributed by atoms with van der Waals surface area (Å²) in [5.41, 5.74) is 0.247. The fourth-order valence-corrected chi connectivity index (χ4v) is 3.27. The molecule has 0 aromatic carbocycles. The molecule has 0 saturated heterocycles. The van der Waals surface area contributed by atoms with E-state index < -0.39 is 0 Å². The smallest absolute Gasteiger partial charge is 0.332 e. The molecule has 0 spiro atoms. The van der Waals surface area contributed by atoms with E-state index in [1.54, 1.807) is 15.9 Å². The third kappa shape index (κ3) is 2.99. The summed E-state index contributed by atoms with van der Waals surface area (Å²) in [6.45, 7) is 4.90. The number of rotatable bonds is 6.